The number of rotatable bonds is 5. The first-order valence-corrected chi connectivity index (χ1v) is 9.26. The summed E-state index contributed by atoms with van der Waals surface area (Å²) in [6, 6.07) is 3.69. The van der Waals surface area contributed by atoms with Gasteiger partial charge in [-0.15, -0.1) is 0 Å². The molecule has 0 saturated heterocycles. The summed E-state index contributed by atoms with van der Waals surface area (Å²) in [5.74, 6) is 1.16. The van der Waals surface area contributed by atoms with E-state index in [-0.39, 0.29) is 12.6 Å². The van der Waals surface area contributed by atoms with E-state index in [1.165, 1.54) is 51.4 Å². The molecule has 1 spiro atoms. The Hall–Kier alpha value is -1.58. The largest absolute Gasteiger partial charge is 0.497 e. The molecule has 0 unspecified atom stereocenters. The summed E-state index contributed by atoms with van der Waals surface area (Å²) in [7, 11) is 1.63. The average Bonchev–Trinajstić information content (AvgIpc) is 3.03. The number of carbonyl (C=O) groups is 1. The van der Waals surface area contributed by atoms with E-state index >= 15 is 0 Å². The summed E-state index contributed by atoms with van der Waals surface area (Å²) < 4.78 is 10.7. The van der Waals surface area contributed by atoms with Gasteiger partial charge in [-0.2, -0.15) is 0 Å². The van der Waals surface area contributed by atoms with Gasteiger partial charge in [-0.25, -0.2) is 0 Å². The van der Waals surface area contributed by atoms with Crippen LogP contribution in [-0.4, -0.2) is 18.1 Å². The maximum atomic E-state index is 12.2. The number of carbonyl (C=O) groups excluding carboxylic acids is 1. The zero-order valence-corrected chi connectivity index (χ0v) is 15.0. The van der Waals surface area contributed by atoms with Crippen LogP contribution >= 0.6 is 0 Å². The van der Waals surface area contributed by atoms with Crippen LogP contribution < -0.4 is 4.74 Å². The van der Waals surface area contributed by atoms with Gasteiger partial charge in [0.1, 0.15) is 12.4 Å². The highest BCUT2D eigenvalue weighted by Crippen LogP contribution is 2.50. The smallest absolute Gasteiger partial charge is 0.306 e. The van der Waals surface area contributed by atoms with Crippen molar-refractivity contribution in [2.75, 3.05) is 7.11 Å². The summed E-state index contributed by atoms with van der Waals surface area (Å²) in [6.45, 7) is 2.14. The van der Waals surface area contributed by atoms with Crippen LogP contribution in [0.3, 0.4) is 0 Å². The van der Waals surface area contributed by atoms with Crippen LogP contribution in [-0.2, 0) is 16.1 Å². The Morgan fingerprint density at radius 3 is 2.58 bits per heavy atom. The molecule has 4 nitrogen and oxygen atoms in total. The number of aromatic nitrogens is 1. The Kier molecular flexibility index (Phi) is 5.42. The molecule has 1 heterocycles. The average molecular weight is 331 g/mol. The lowest BCUT2D eigenvalue weighted by Gasteiger charge is -2.37. The minimum Gasteiger partial charge on any atom is -0.497 e. The highest BCUT2D eigenvalue weighted by atomic mass is 16.5. The van der Waals surface area contributed by atoms with Gasteiger partial charge in [0.05, 0.1) is 12.8 Å². The Morgan fingerprint density at radius 2 is 1.92 bits per heavy atom. The van der Waals surface area contributed by atoms with Gasteiger partial charge in [0.15, 0.2) is 0 Å². The standard InChI is InChI=1S/C20H29NO3/c1-15-11-18(23-2)13-17(21-15)14-24-19(22)12-16-5-9-20(10-6-16)7-3-4-8-20/h11,13,16H,3-10,12,14H2,1-2H3. The second kappa shape index (κ2) is 7.54. The fourth-order valence-electron chi connectivity index (χ4n) is 4.46. The molecule has 2 aliphatic rings. The van der Waals surface area contributed by atoms with Crippen LogP contribution in [0.1, 0.15) is 69.2 Å². The van der Waals surface area contributed by atoms with Crippen molar-refractivity contribution in [3.05, 3.63) is 23.5 Å². The minimum absolute atomic E-state index is 0.0929. The number of ether oxygens (including phenoxy) is 2. The Balaban J connectivity index is 1.44. The molecule has 0 atom stereocenters. The zero-order chi connectivity index (χ0) is 17.0. The maximum absolute atomic E-state index is 12.2. The Bertz CT molecular complexity index is 568. The third-order valence-electron chi connectivity index (χ3n) is 5.88. The van der Waals surface area contributed by atoms with E-state index < -0.39 is 0 Å². The van der Waals surface area contributed by atoms with E-state index in [0.29, 0.717) is 17.8 Å². The fourth-order valence-corrected chi connectivity index (χ4v) is 4.46. The normalized spacial score (nSPS) is 20.2. The van der Waals surface area contributed by atoms with Crippen molar-refractivity contribution in [3.63, 3.8) is 0 Å². The molecule has 1 aromatic rings. The number of aryl methyl sites for hydroxylation is 1. The van der Waals surface area contributed by atoms with Crippen LogP contribution in [0.4, 0.5) is 0 Å². The van der Waals surface area contributed by atoms with Crippen LogP contribution in [0.5, 0.6) is 5.75 Å². The molecular weight excluding hydrogens is 302 g/mol. The monoisotopic (exact) mass is 331 g/mol. The van der Waals surface area contributed by atoms with Gasteiger partial charge in [0.2, 0.25) is 0 Å². The van der Waals surface area contributed by atoms with Crippen LogP contribution in [0, 0.1) is 18.3 Å². The molecular formula is C20H29NO3. The van der Waals surface area contributed by atoms with Crippen molar-refractivity contribution in [2.24, 2.45) is 11.3 Å². The number of nitrogens with zero attached hydrogens (tertiary/aromatic N) is 1. The van der Waals surface area contributed by atoms with Gasteiger partial charge in [0, 0.05) is 24.2 Å². The second-order valence-electron chi connectivity index (χ2n) is 7.65. The molecule has 2 aliphatic carbocycles. The van der Waals surface area contributed by atoms with Crippen molar-refractivity contribution >= 4 is 5.97 Å². The summed E-state index contributed by atoms with van der Waals surface area (Å²) >= 11 is 0. The van der Waals surface area contributed by atoms with E-state index in [0.717, 1.165) is 17.1 Å². The summed E-state index contributed by atoms with van der Waals surface area (Å²) in [4.78, 5) is 16.5. The topological polar surface area (TPSA) is 48.4 Å². The number of pyridine rings is 1. The fraction of sp³-hybridized carbons (Fsp3) is 0.700. The molecule has 3 rings (SSSR count). The number of hydrogen-bond acceptors (Lipinski definition) is 4. The molecule has 1 aromatic heterocycles. The molecule has 24 heavy (non-hydrogen) atoms. The van der Waals surface area contributed by atoms with Gasteiger partial charge in [-0.05, 0) is 56.8 Å². The van der Waals surface area contributed by atoms with Gasteiger partial charge in [-0.1, -0.05) is 12.8 Å². The zero-order valence-electron chi connectivity index (χ0n) is 15.0. The van der Waals surface area contributed by atoms with Crippen molar-refractivity contribution in [1.29, 1.82) is 0 Å². The van der Waals surface area contributed by atoms with Crippen molar-refractivity contribution < 1.29 is 14.3 Å². The molecule has 2 fully saturated rings. The lowest BCUT2D eigenvalue weighted by atomic mass is 9.69. The predicted molar refractivity (Wildman–Crippen MR) is 92.8 cm³/mol. The first kappa shape index (κ1) is 17.2. The molecule has 0 N–H and O–H groups in total. The molecule has 0 amide bonds. The summed E-state index contributed by atoms with van der Waals surface area (Å²) in [5.41, 5.74) is 2.24. The van der Waals surface area contributed by atoms with Crippen LogP contribution in [0.25, 0.3) is 0 Å². The molecule has 0 bridgehead atoms. The summed E-state index contributed by atoms with van der Waals surface area (Å²) in [5, 5.41) is 0. The van der Waals surface area contributed by atoms with Gasteiger partial charge >= 0.3 is 5.97 Å². The third kappa shape index (κ3) is 4.28. The lowest BCUT2D eigenvalue weighted by molar-refractivity contribution is -0.146. The van der Waals surface area contributed by atoms with Crippen molar-refractivity contribution in [1.82, 2.24) is 4.98 Å². The lowest BCUT2D eigenvalue weighted by Crippen LogP contribution is -2.26. The third-order valence-corrected chi connectivity index (χ3v) is 5.88. The molecule has 2 saturated carbocycles. The van der Waals surface area contributed by atoms with Crippen LogP contribution in [0.15, 0.2) is 12.1 Å². The molecule has 0 radical (unpaired) electrons. The first-order valence-electron chi connectivity index (χ1n) is 9.26. The van der Waals surface area contributed by atoms with E-state index in [1.54, 1.807) is 7.11 Å². The van der Waals surface area contributed by atoms with E-state index in [4.69, 9.17) is 9.47 Å². The van der Waals surface area contributed by atoms with Crippen molar-refractivity contribution in [2.45, 2.75) is 71.3 Å². The SMILES string of the molecule is COc1cc(C)nc(COC(=O)CC2CCC3(CCCC3)CC2)c1. The highest BCUT2D eigenvalue weighted by molar-refractivity contribution is 5.69. The maximum Gasteiger partial charge on any atom is 0.306 e. The summed E-state index contributed by atoms with van der Waals surface area (Å²) in [6.07, 6.45) is 11.2. The first-order chi connectivity index (χ1) is 11.6. The molecule has 0 aromatic carbocycles. The van der Waals surface area contributed by atoms with Gasteiger partial charge in [-0.3, -0.25) is 9.78 Å². The molecule has 132 valence electrons. The highest BCUT2D eigenvalue weighted by Gasteiger charge is 2.37. The van der Waals surface area contributed by atoms with E-state index in [1.807, 2.05) is 19.1 Å². The quantitative estimate of drug-likeness (QED) is 0.741. The van der Waals surface area contributed by atoms with E-state index in [2.05, 4.69) is 4.98 Å². The van der Waals surface area contributed by atoms with Gasteiger partial charge < -0.3 is 9.47 Å². The van der Waals surface area contributed by atoms with Crippen LogP contribution in [0.2, 0.25) is 0 Å². The number of methoxy groups -OCH3 is 1. The Labute approximate surface area is 145 Å². The van der Waals surface area contributed by atoms with Gasteiger partial charge in [0.25, 0.3) is 0 Å². The predicted octanol–water partition coefficient (Wildman–Crippen LogP) is 4.58. The second-order valence-corrected chi connectivity index (χ2v) is 7.65. The molecule has 0 aliphatic heterocycles. The minimum atomic E-state index is -0.0929. The molecule has 4 heteroatoms. The van der Waals surface area contributed by atoms with Crippen molar-refractivity contribution in [3.8, 4) is 5.75 Å². The van der Waals surface area contributed by atoms with E-state index in [9.17, 15) is 4.79 Å². The number of hydrogen-bond donors (Lipinski definition) is 0. The number of esters is 1. The Morgan fingerprint density at radius 1 is 1.21 bits per heavy atom.